The molecular weight excluding hydrogens is 406 g/mol. The van der Waals surface area contributed by atoms with Crippen molar-refractivity contribution >= 4 is 16.6 Å². The smallest absolute Gasteiger partial charge is 0.0730 e. The summed E-state index contributed by atoms with van der Waals surface area (Å²) in [5, 5.41) is 4.93. The molecule has 5 heteroatoms. The summed E-state index contributed by atoms with van der Waals surface area (Å²) in [4.78, 5) is 12.6. The Hall–Kier alpha value is -2.47. The minimum absolute atomic E-state index is 0.993. The maximum absolute atomic E-state index is 5.03. The van der Waals surface area contributed by atoms with Crippen molar-refractivity contribution in [3.05, 3.63) is 60.2 Å². The molecule has 0 radical (unpaired) electrons. The van der Waals surface area contributed by atoms with E-state index in [1.165, 1.54) is 61.1 Å². The third-order valence-electron chi connectivity index (χ3n) is 7.11. The van der Waals surface area contributed by atoms with Gasteiger partial charge in [-0.05, 0) is 69.7 Å². The van der Waals surface area contributed by atoms with Gasteiger partial charge in [0.15, 0.2) is 0 Å². The number of aromatic nitrogens is 1. The van der Waals surface area contributed by atoms with E-state index >= 15 is 0 Å². The molecule has 2 fully saturated rings. The lowest BCUT2D eigenvalue weighted by Gasteiger charge is -2.32. The highest BCUT2D eigenvalue weighted by atomic mass is 15.2. The van der Waals surface area contributed by atoms with Crippen LogP contribution in [0.5, 0.6) is 0 Å². The number of benzene rings is 2. The quantitative estimate of drug-likeness (QED) is 0.517. The molecular formula is C28H37N5. The number of likely N-dealkylation sites (tertiary alicyclic amines) is 1. The summed E-state index contributed by atoms with van der Waals surface area (Å²) < 4.78 is 0. The molecule has 2 saturated heterocycles. The summed E-state index contributed by atoms with van der Waals surface area (Å²) in [5.74, 6) is 0. The fourth-order valence-corrected chi connectivity index (χ4v) is 5.09. The molecule has 0 saturated carbocycles. The lowest BCUT2D eigenvalue weighted by atomic mass is 10.0. The number of anilines is 1. The van der Waals surface area contributed by atoms with Crippen molar-refractivity contribution < 1.29 is 0 Å². The summed E-state index contributed by atoms with van der Waals surface area (Å²) in [6, 6.07) is 19.7. The zero-order valence-electron chi connectivity index (χ0n) is 20.0. The Bertz CT molecular complexity index is 1050. The number of piperazine rings is 1. The van der Waals surface area contributed by atoms with Crippen LogP contribution in [0.2, 0.25) is 0 Å². The van der Waals surface area contributed by atoms with E-state index in [0.29, 0.717) is 0 Å². The van der Waals surface area contributed by atoms with Gasteiger partial charge < -0.3 is 15.1 Å². The fraction of sp³-hybridized carbons (Fsp3) is 0.464. The number of pyridine rings is 1. The number of nitrogens with one attached hydrogen (secondary N) is 1. The Morgan fingerprint density at radius 2 is 1.67 bits per heavy atom. The fourth-order valence-electron chi connectivity index (χ4n) is 5.09. The average molecular weight is 444 g/mol. The van der Waals surface area contributed by atoms with Gasteiger partial charge in [-0.2, -0.15) is 0 Å². The van der Waals surface area contributed by atoms with Crippen LogP contribution in [-0.2, 0) is 6.54 Å². The molecule has 33 heavy (non-hydrogen) atoms. The van der Waals surface area contributed by atoms with Crippen molar-refractivity contribution in [1.82, 2.24) is 19.7 Å². The molecule has 3 aromatic rings. The molecule has 2 aliphatic heterocycles. The van der Waals surface area contributed by atoms with Gasteiger partial charge in [0.1, 0.15) is 0 Å². The van der Waals surface area contributed by atoms with Gasteiger partial charge in [-0.15, -0.1) is 0 Å². The molecule has 1 N–H and O–H groups in total. The minimum Gasteiger partial charge on any atom is -0.384 e. The first-order valence-electron chi connectivity index (χ1n) is 12.6. The molecule has 5 nitrogen and oxygen atoms in total. The summed E-state index contributed by atoms with van der Waals surface area (Å²) in [6.45, 7) is 10.3. The maximum Gasteiger partial charge on any atom is 0.0730 e. The highest BCUT2D eigenvalue weighted by Gasteiger charge is 2.15. The van der Waals surface area contributed by atoms with Crippen LogP contribution in [-0.4, -0.2) is 79.1 Å². The lowest BCUT2D eigenvalue weighted by Crippen LogP contribution is -2.43. The predicted molar refractivity (Wildman–Crippen MR) is 139 cm³/mol. The van der Waals surface area contributed by atoms with E-state index in [1.54, 1.807) is 0 Å². The van der Waals surface area contributed by atoms with Crippen LogP contribution in [0.15, 0.2) is 54.6 Å². The predicted octanol–water partition coefficient (Wildman–Crippen LogP) is 4.55. The number of para-hydroxylation sites is 1. The Morgan fingerprint density at radius 3 is 2.52 bits per heavy atom. The number of rotatable bonds is 8. The van der Waals surface area contributed by atoms with E-state index in [0.717, 1.165) is 50.5 Å². The molecule has 3 heterocycles. The van der Waals surface area contributed by atoms with Crippen LogP contribution >= 0.6 is 0 Å². The monoisotopic (exact) mass is 443 g/mol. The number of hydrogen-bond donors (Lipinski definition) is 1. The number of nitrogens with zero attached hydrogens (tertiary/aromatic N) is 4. The highest BCUT2D eigenvalue weighted by molar-refractivity contribution is 5.93. The summed E-state index contributed by atoms with van der Waals surface area (Å²) in [7, 11) is 2.21. The first-order chi connectivity index (χ1) is 16.2. The first-order valence-corrected chi connectivity index (χ1v) is 12.6. The maximum atomic E-state index is 5.03. The van der Waals surface area contributed by atoms with Crippen molar-refractivity contribution in [2.45, 2.75) is 25.8 Å². The summed E-state index contributed by atoms with van der Waals surface area (Å²) >= 11 is 0. The molecule has 0 aliphatic carbocycles. The van der Waals surface area contributed by atoms with E-state index in [1.807, 2.05) is 0 Å². The van der Waals surface area contributed by atoms with Gasteiger partial charge in [0.25, 0.3) is 0 Å². The van der Waals surface area contributed by atoms with Crippen LogP contribution in [0.3, 0.4) is 0 Å². The largest absolute Gasteiger partial charge is 0.384 e. The first kappa shape index (κ1) is 22.3. The Balaban J connectivity index is 1.32. The Labute approximate surface area is 198 Å². The number of fused-ring (bicyclic) bond motifs is 1. The number of likely N-dealkylation sites (N-methyl/N-ethyl adjacent to an activating group) is 1. The Morgan fingerprint density at radius 1 is 0.848 bits per heavy atom. The zero-order chi connectivity index (χ0) is 22.5. The van der Waals surface area contributed by atoms with Crippen LogP contribution in [0.4, 0.5) is 5.69 Å². The second kappa shape index (κ2) is 10.6. The molecule has 2 aromatic carbocycles. The zero-order valence-corrected chi connectivity index (χ0v) is 20.0. The van der Waals surface area contributed by atoms with Crippen molar-refractivity contribution in [3.8, 4) is 11.3 Å². The van der Waals surface area contributed by atoms with Crippen LogP contribution in [0.25, 0.3) is 22.2 Å². The van der Waals surface area contributed by atoms with Gasteiger partial charge in [0.2, 0.25) is 0 Å². The van der Waals surface area contributed by atoms with Gasteiger partial charge in [-0.25, -0.2) is 4.98 Å². The minimum atomic E-state index is 0.993. The summed E-state index contributed by atoms with van der Waals surface area (Å²) in [5.41, 5.74) is 5.87. The molecule has 0 atom stereocenters. The standard InChI is InChI=1S/C28H37N5/c1-31-16-18-33(19-17-31)22-23-8-6-9-24(20-23)27-21-28(25-10-2-3-11-26(25)30-27)29-12-7-15-32-13-4-5-14-32/h2-3,6,8-11,20-21H,4-5,7,12-19,22H2,1H3,(H,29,30). The van der Waals surface area contributed by atoms with E-state index in [-0.39, 0.29) is 0 Å². The lowest BCUT2D eigenvalue weighted by molar-refractivity contribution is 0.148. The highest BCUT2D eigenvalue weighted by Crippen LogP contribution is 2.29. The van der Waals surface area contributed by atoms with Gasteiger partial charge in [-0.3, -0.25) is 4.90 Å². The second-order valence-electron chi connectivity index (χ2n) is 9.68. The van der Waals surface area contributed by atoms with Gasteiger partial charge >= 0.3 is 0 Å². The van der Waals surface area contributed by atoms with Crippen molar-refractivity contribution in [2.24, 2.45) is 0 Å². The molecule has 0 amide bonds. The van der Waals surface area contributed by atoms with E-state index in [4.69, 9.17) is 4.98 Å². The van der Waals surface area contributed by atoms with Crippen molar-refractivity contribution in [3.63, 3.8) is 0 Å². The summed E-state index contributed by atoms with van der Waals surface area (Å²) in [6.07, 6.45) is 3.89. The molecule has 0 unspecified atom stereocenters. The Kier molecular flexibility index (Phi) is 7.20. The second-order valence-corrected chi connectivity index (χ2v) is 9.68. The molecule has 0 spiro atoms. The third kappa shape index (κ3) is 5.72. The van der Waals surface area contributed by atoms with Gasteiger partial charge in [-0.1, -0.05) is 36.4 Å². The van der Waals surface area contributed by atoms with Crippen molar-refractivity contribution in [1.29, 1.82) is 0 Å². The topological polar surface area (TPSA) is 34.6 Å². The van der Waals surface area contributed by atoms with E-state index < -0.39 is 0 Å². The van der Waals surface area contributed by atoms with Crippen LogP contribution in [0.1, 0.15) is 24.8 Å². The normalized spacial score (nSPS) is 18.2. The van der Waals surface area contributed by atoms with E-state index in [2.05, 4.69) is 81.7 Å². The molecule has 2 aliphatic rings. The van der Waals surface area contributed by atoms with Crippen LogP contribution in [0, 0.1) is 0 Å². The van der Waals surface area contributed by atoms with Crippen molar-refractivity contribution in [2.75, 3.05) is 64.7 Å². The van der Waals surface area contributed by atoms with Gasteiger partial charge in [0, 0.05) is 55.9 Å². The SMILES string of the molecule is CN1CCN(Cc2cccc(-c3cc(NCCCN4CCCC4)c4ccccc4n3)c2)CC1. The van der Waals surface area contributed by atoms with Crippen LogP contribution < -0.4 is 5.32 Å². The molecule has 174 valence electrons. The molecule has 1 aromatic heterocycles. The molecule has 5 rings (SSSR count). The van der Waals surface area contributed by atoms with E-state index in [9.17, 15) is 0 Å². The van der Waals surface area contributed by atoms with Gasteiger partial charge in [0.05, 0.1) is 11.2 Å². The average Bonchev–Trinajstić information content (AvgIpc) is 3.37. The third-order valence-corrected chi connectivity index (χ3v) is 7.11. The molecule has 0 bridgehead atoms. The number of hydrogen-bond acceptors (Lipinski definition) is 5.